The molecule has 134 valence electrons. The SMILES string of the molecule is CC(C(=O)NCCCOCCc1ccccc1)C(N)c1ccccc1. The van der Waals surface area contributed by atoms with Crippen LogP contribution in [0.5, 0.6) is 0 Å². The van der Waals surface area contributed by atoms with Crippen molar-refractivity contribution < 1.29 is 9.53 Å². The second-order valence-electron chi connectivity index (χ2n) is 6.22. The van der Waals surface area contributed by atoms with Crippen LogP contribution in [0.3, 0.4) is 0 Å². The van der Waals surface area contributed by atoms with E-state index in [0.29, 0.717) is 19.8 Å². The Kier molecular flexibility index (Phi) is 8.16. The van der Waals surface area contributed by atoms with Gasteiger partial charge in [-0.1, -0.05) is 67.6 Å². The molecule has 0 aliphatic heterocycles. The maximum Gasteiger partial charge on any atom is 0.224 e. The summed E-state index contributed by atoms with van der Waals surface area (Å²) in [5.41, 5.74) is 8.44. The zero-order valence-corrected chi connectivity index (χ0v) is 14.9. The molecule has 2 aromatic rings. The van der Waals surface area contributed by atoms with E-state index in [1.807, 2.05) is 55.5 Å². The molecule has 4 nitrogen and oxygen atoms in total. The van der Waals surface area contributed by atoms with E-state index in [9.17, 15) is 4.79 Å². The van der Waals surface area contributed by atoms with Crippen molar-refractivity contribution in [2.75, 3.05) is 19.8 Å². The lowest BCUT2D eigenvalue weighted by Gasteiger charge is -2.19. The molecule has 0 bridgehead atoms. The maximum atomic E-state index is 12.2. The van der Waals surface area contributed by atoms with Crippen LogP contribution < -0.4 is 11.1 Å². The van der Waals surface area contributed by atoms with E-state index < -0.39 is 0 Å². The van der Waals surface area contributed by atoms with Crippen LogP contribution in [0.1, 0.15) is 30.5 Å². The Hall–Kier alpha value is -2.17. The predicted octanol–water partition coefficient (Wildman–Crippen LogP) is 3.09. The van der Waals surface area contributed by atoms with Gasteiger partial charge in [-0.2, -0.15) is 0 Å². The van der Waals surface area contributed by atoms with Gasteiger partial charge in [0.15, 0.2) is 0 Å². The van der Waals surface area contributed by atoms with Gasteiger partial charge in [0, 0.05) is 19.2 Å². The topological polar surface area (TPSA) is 64.3 Å². The Morgan fingerprint density at radius 2 is 1.68 bits per heavy atom. The van der Waals surface area contributed by atoms with Crippen molar-refractivity contribution in [3.05, 3.63) is 71.8 Å². The third-order valence-electron chi connectivity index (χ3n) is 4.28. The van der Waals surface area contributed by atoms with Gasteiger partial charge in [0.1, 0.15) is 0 Å². The fourth-order valence-electron chi connectivity index (χ4n) is 2.61. The number of carbonyl (C=O) groups excluding carboxylic acids is 1. The molecule has 1 amide bonds. The summed E-state index contributed by atoms with van der Waals surface area (Å²) >= 11 is 0. The van der Waals surface area contributed by atoms with Crippen molar-refractivity contribution >= 4 is 5.91 Å². The number of benzene rings is 2. The molecule has 2 rings (SSSR count). The number of hydrogen-bond acceptors (Lipinski definition) is 3. The van der Waals surface area contributed by atoms with Gasteiger partial charge in [-0.05, 0) is 24.0 Å². The van der Waals surface area contributed by atoms with Crippen LogP contribution in [0.15, 0.2) is 60.7 Å². The van der Waals surface area contributed by atoms with E-state index in [0.717, 1.165) is 18.4 Å². The van der Waals surface area contributed by atoms with E-state index >= 15 is 0 Å². The molecule has 3 N–H and O–H groups in total. The molecular weight excluding hydrogens is 312 g/mol. The van der Waals surface area contributed by atoms with E-state index in [-0.39, 0.29) is 17.9 Å². The highest BCUT2D eigenvalue weighted by atomic mass is 16.5. The summed E-state index contributed by atoms with van der Waals surface area (Å²) in [5.74, 6) is -0.276. The number of amides is 1. The Bertz CT molecular complexity index is 616. The van der Waals surface area contributed by atoms with E-state index in [4.69, 9.17) is 10.5 Å². The number of nitrogens with two attached hydrogens (primary N) is 1. The minimum atomic E-state index is -0.289. The van der Waals surface area contributed by atoms with Crippen LogP contribution >= 0.6 is 0 Å². The Morgan fingerprint density at radius 1 is 1.04 bits per heavy atom. The lowest BCUT2D eigenvalue weighted by molar-refractivity contribution is -0.125. The molecular formula is C21H28N2O2. The van der Waals surface area contributed by atoms with Crippen molar-refractivity contribution in [3.8, 4) is 0 Å². The normalized spacial score (nSPS) is 13.2. The molecule has 0 radical (unpaired) electrons. The largest absolute Gasteiger partial charge is 0.381 e. The third kappa shape index (κ3) is 6.69. The van der Waals surface area contributed by atoms with Crippen LogP contribution in [0, 0.1) is 5.92 Å². The average molecular weight is 340 g/mol. The summed E-state index contributed by atoms with van der Waals surface area (Å²) in [5, 5.41) is 2.94. The summed E-state index contributed by atoms with van der Waals surface area (Å²) in [4.78, 5) is 12.2. The summed E-state index contributed by atoms with van der Waals surface area (Å²) in [6, 6.07) is 19.7. The Balaban J connectivity index is 1.57. The van der Waals surface area contributed by atoms with Gasteiger partial charge < -0.3 is 15.8 Å². The van der Waals surface area contributed by atoms with Crippen molar-refractivity contribution in [1.82, 2.24) is 5.32 Å². The molecule has 0 fully saturated rings. The highest BCUT2D eigenvalue weighted by Crippen LogP contribution is 2.18. The first kappa shape index (κ1) is 19.2. The second-order valence-corrected chi connectivity index (χ2v) is 6.22. The summed E-state index contributed by atoms with van der Waals surface area (Å²) < 4.78 is 5.62. The minimum Gasteiger partial charge on any atom is -0.381 e. The molecule has 0 aliphatic carbocycles. The number of ether oxygens (including phenoxy) is 1. The molecule has 0 spiro atoms. The Labute approximate surface area is 150 Å². The highest BCUT2D eigenvalue weighted by molar-refractivity contribution is 5.79. The van der Waals surface area contributed by atoms with Crippen LogP contribution in [0.4, 0.5) is 0 Å². The van der Waals surface area contributed by atoms with E-state index in [1.54, 1.807) is 0 Å². The predicted molar refractivity (Wildman–Crippen MR) is 101 cm³/mol. The van der Waals surface area contributed by atoms with Crippen LogP contribution in [-0.4, -0.2) is 25.7 Å². The maximum absolute atomic E-state index is 12.2. The fraction of sp³-hybridized carbons (Fsp3) is 0.381. The molecule has 0 aliphatic rings. The number of hydrogen-bond donors (Lipinski definition) is 2. The first-order chi connectivity index (χ1) is 12.2. The van der Waals surface area contributed by atoms with Gasteiger partial charge >= 0.3 is 0 Å². The van der Waals surface area contributed by atoms with Crippen molar-refractivity contribution in [2.24, 2.45) is 11.7 Å². The summed E-state index contributed by atoms with van der Waals surface area (Å²) in [6.07, 6.45) is 1.71. The van der Waals surface area contributed by atoms with E-state index in [1.165, 1.54) is 5.56 Å². The molecule has 25 heavy (non-hydrogen) atoms. The van der Waals surface area contributed by atoms with Gasteiger partial charge in [0.05, 0.1) is 12.5 Å². The average Bonchev–Trinajstić information content (AvgIpc) is 2.67. The van der Waals surface area contributed by atoms with Gasteiger partial charge in [-0.25, -0.2) is 0 Å². The van der Waals surface area contributed by atoms with Gasteiger partial charge in [-0.3, -0.25) is 4.79 Å². The standard InChI is InChI=1S/C21H28N2O2/c1-17(20(22)19-11-6-3-7-12-19)21(24)23-14-8-15-25-16-13-18-9-4-2-5-10-18/h2-7,9-12,17,20H,8,13-16,22H2,1H3,(H,23,24). The van der Waals surface area contributed by atoms with Gasteiger partial charge in [0.2, 0.25) is 5.91 Å². The minimum absolute atomic E-state index is 0.0133. The molecule has 0 heterocycles. The number of rotatable bonds is 10. The van der Waals surface area contributed by atoms with Gasteiger partial charge in [0.25, 0.3) is 0 Å². The Morgan fingerprint density at radius 3 is 2.36 bits per heavy atom. The summed E-state index contributed by atoms with van der Waals surface area (Å²) in [6.45, 7) is 3.82. The molecule has 0 saturated carbocycles. The van der Waals surface area contributed by atoms with Crippen molar-refractivity contribution in [1.29, 1.82) is 0 Å². The lowest BCUT2D eigenvalue weighted by atomic mass is 9.95. The number of carbonyl (C=O) groups is 1. The quantitative estimate of drug-likeness (QED) is 0.653. The smallest absolute Gasteiger partial charge is 0.224 e. The third-order valence-corrected chi connectivity index (χ3v) is 4.28. The van der Waals surface area contributed by atoms with Crippen LogP contribution in [0.2, 0.25) is 0 Å². The zero-order valence-electron chi connectivity index (χ0n) is 14.9. The van der Waals surface area contributed by atoms with E-state index in [2.05, 4.69) is 17.4 Å². The van der Waals surface area contributed by atoms with Crippen LogP contribution in [0.25, 0.3) is 0 Å². The molecule has 2 aromatic carbocycles. The molecule has 0 aromatic heterocycles. The van der Waals surface area contributed by atoms with Crippen LogP contribution in [-0.2, 0) is 16.0 Å². The van der Waals surface area contributed by atoms with Crippen molar-refractivity contribution in [2.45, 2.75) is 25.8 Å². The molecule has 2 unspecified atom stereocenters. The first-order valence-electron chi connectivity index (χ1n) is 8.88. The number of nitrogens with one attached hydrogen (secondary N) is 1. The zero-order chi connectivity index (χ0) is 17.9. The molecule has 2 atom stereocenters. The second kappa shape index (κ2) is 10.6. The monoisotopic (exact) mass is 340 g/mol. The first-order valence-corrected chi connectivity index (χ1v) is 8.88. The fourth-order valence-corrected chi connectivity index (χ4v) is 2.61. The van der Waals surface area contributed by atoms with Gasteiger partial charge in [-0.15, -0.1) is 0 Å². The molecule has 0 saturated heterocycles. The lowest BCUT2D eigenvalue weighted by Crippen LogP contribution is -2.36. The molecule has 4 heteroatoms. The van der Waals surface area contributed by atoms with Crippen molar-refractivity contribution in [3.63, 3.8) is 0 Å². The highest BCUT2D eigenvalue weighted by Gasteiger charge is 2.21. The summed E-state index contributed by atoms with van der Waals surface area (Å²) in [7, 11) is 0.